The number of hydrogen-bond donors (Lipinski definition) is 1. The van der Waals surface area contributed by atoms with E-state index in [1.54, 1.807) is 4.57 Å². The average Bonchev–Trinajstić information content (AvgIpc) is 3.42. The van der Waals surface area contributed by atoms with E-state index >= 15 is 0 Å². The zero-order chi connectivity index (χ0) is 28.8. The van der Waals surface area contributed by atoms with Crippen molar-refractivity contribution in [2.45, 2.75) is 83.8 Å². The number of pyridine rings is 1. The maximum absolute atomic E-state index is 12.5. The molecule has 8 nitrogen and oxygen atoms in total. The van der Waals surface area contributed by atoms with Crippen molar-refractivity contribution in [1.29, 1.82) is 0 Å². The molecule has 3 heterocycles. The number of fused-ring (bicyclic) bond motifs is 1. The minimum Gasteiger partial charge on any atom is -0.492 e. The summed E-state index contributed by atoms with van der Waals surface area (Å²) in [5, 5.41) is 3.22. The lowest BCUT2D eigenvalue weighted by Crippen LogP contribution is -2.39. The van der Waals surface area contributed by atoms with E-state index in [1.807, 2.05) is 45.3 Å². The lowest BCUT2D eigenvalue weighted by atomic mass is 9.82. The van der Waals surface area contributed by atoms with Gasteiger partial charge in [0, 0.05) is 56.1 Å². The van der Waals surface area contributed by atoms with E-state index in [9.17, 15) is 9.59 Å². The summed E-state index contributed by atoms with van der Waals surface area (Å²) in [4.78, 5) is 30.1. The van der Waals surface area contributed by atoms with Gasteiger partial charge in [-0.05, 0) is 95.2 Å². The molecule has 1 saturated heterocycles. The SMILES string of the molecule is Cc1cc(C2=Nc3cc(OCCN[C@@H](C)C(=O)OC4CCCC4)ccc3CCC2CC2CCOCC2)cn(C)c1=O. The van der Waals surface area contributed by atoms with Gasteiger partial charge in [-0.15, -0.1) is 0 Å². The summed E-state index contributed by atoms with van der Waals surface area (Å²) in [5.74, 6) is 1.50. The summed E-state index contributed by atoms with van der Waals surface area (Å²) in [7, 11) is 1.81. The van der Waals surface area contributed by atoms with Crippen molar-refractivity contribution in [2.24, 2.45) is 23.9 Å². The van der Waals surface area contributed by atoms with Gasteiger partial charge in [0.25, 0.3) is 5.56 Å². The van der Waals surface area contributed by atoms with Gasteiger partial charge in [0.15, 0.2) is 0 Å². The molecule has 3 aliphatic rings. The van der Waals surface area contributed by atoms with Gasteiger partial charge >= 0.3 is 5.97 Å². The Bertz CT molecular complexity index is 1260. The van der Waals surface area contributed by atoms with Gasteiger partial charge in [0.05, 0.1) is 11.4 Å². The summed E-state index contributed by atoms with van der Waals surface area (Å²) in [6.45, 7) is 6.35. The molecule has 2 atom stereocenters. The van der Waals surface area contributed by atoms with Crippen LogP contribution < -0.4 is 15.6 Å². The smallest absolute Gasteiger partial charge is 0.323 e. The number of carbonyl (C=O) groups is 1. The van der Waals surface area contributed by atoms with Crippen LogP contribution in [0.5, 0.6) is 5.75 Å². The topological polar surface area (TPSA) is 91.2 Å². The Hall–Kier alpha value is -2.97. The Balaban J connectivity index is 1.28. The largest absolute Gasteiger partial charge is 0.492 e. The number of carbonyl (C=O) groups excluding carboxylic acids is 1. The first-order chi connectivity index (χ1) is 19.9. The molecule has 41 heavy (non-hydrogen) atoms. The van der Waals surface area contributed by atoms with Gasteiger partial charge in [0.1, 0.15) is 24.5 Å². The summed E-state index contributed by atoms with van der Waals surface area (Å²) in [6, 6.07) is 7.80. The fourth-order valence-corrected chi connectivity index (χ4v) is 6.37. The number of rotatable bonds is 10. The van der Waals surface area contributed by atoms with Crippen LogP contribution >= 0.6 is 0 Å². The molecule has 0 amide bonds. The molecule has 2 aliphatic heterocycles. The quantitative estimate of drug-likeness (QED) is 0.322. The van der Waals surface area contributed by atoms with Crippen LogP contribution in [0.25, 0.3) is 0 Å². The molecule has 2 fully saturated rings. The molecule has 1 saturated carbocycles. The van der Waals surface area contributed by atoms with Crippen molar-refractivity contribution in [2.75, 3.05) is 26.4 Å². The predicted molar refractivity (Wildman–Crippen MR) is 160 cm³/mol. The van der Waals surface area contributed by atoms with E-state index in [0.717, 1.165) is 99.3 Å². The highest BCUT2D eigenvalue weighted by Crippen LogP contribution is 2.36. The fourth-order valence-electron chi connectivity index (χ4n) is 6.37. The van der Waals surface area contributed by atoms with Crippen LogP contribution in [0.15, 0.2) is 40.2 Å². The van der Waals surface area contributed by atoms with Crippen molar-refractivity contribution < 1.29 is 19.0 Å². The third kappa shape index (κ3) is 7.66. The molecule has 222 valence electrons. The van der Waals surface area contributed by atoms with Gasteiger partial charge in [-0.25, -0.2) is 0 Å². The number of aromatic nitrogens is 1. The van der Waals surface area contributed by atoms with Crippen molar-refractivity contribution in [3.05, 3.63) is 57.5 Å². The molecule has 5 rings (SSSR count). The number of esters is 1. The van der Waals surface area contributed by atoms with Crippen molar-refractivity contribution in [1.82, 2.24) is 9.88 Å². The Morgan fingerprint density at radius 3 is 2.68 bits per heavy atom. The number of hydrogen-bond acceptors (Lipinski definition) is 7. The maximum Gasteiger partial charge on any atom is 0.323 e. The first-order valence-corrected chi connectivity index (χ1v) is 15.4. The molecular formula is C33H45N3O5. The van der Waals surface area contributed by atoms with Crippen molar-refractivity contribution in [3.8, 4) is 5.75 Å². The summed E-state index contributed by atoms with van der Waals surface area (Å²) in [6.07, 6.45) is 11.5. The molecule has 1 unspecified atom stereocenters. The lowest BCUT2D eigenvalue weighted by Gasteiger charge is -2.27. The van der Waals surface area contributed by atoms with Crippen molar-refractivity contribution >= 4 is 17.4 Å². The number of nitrogens with zero attached hydrogens (tertiary/aromatic N) is 2. The van der Waals surface area contributed by atoms with Crippen LogP contribution in [0.4, 0.5) is 5.69 Å². The standard InChI is InChI=1S/C33H45N3O5/c1-22-18-27(21-36(3)32(22)37)31-26(19-24-12-15-39-16-13-24)9-8-25-10-11-29(20-30(25)35-31)40-17-14-34-23(2)33(38)41-28-6-4-5-7-28/h10-11,18,20-21,23-24,26,28,34H,4-9,12-17,19H2,1-3H3/t23-,26?/m0/s1. The summed E-state index contributed by atoms with van der Waals surface area (Å²) >= 11 is 0. The first kappa shape index (κ1) is 29.5. The normalized spacial score (nSPS) is 20.7. The second-order valence-electron chi connectivity index (χ2n) is 12.0. The minimum atomic E-state index is -0.364. The molecule has 0 radical (unpaired) electrons. The van der Waals surface area contributed by atoms with Gasteiger partial charge in [-0.1, -0.05) is 6.07 Å². The molecule has 8 heteroatoms. The minimum absolute atomic E-state index is 0.0229. The summed E-state index contributed by atoms with van der Waals surface area (Å²) < 4.78 is 19.0. The van der Waals surface area contributed by atoms with E-state index in [2.05, 4.69) is 11.4 Å². The lowest BCUT2D eigenvalue weighted by molar-refractivity contribution is -0.150. The molecule has 0 spiro atoms. The van der Waals surface area contributed by atoms with Gasteiger partial charge < -0.3 is 24.1 Å². The highest BCUT2D eigenvalue weighted by Gasteiger charge is 2.27. The van der Waals surface area contributed by atoms with Crippen LogP contribution in [0.2, 0.25) is 0 Å². The Morgan fingerprint density at radius 2 is 1.93 bits per heavy atom. The van der Waals surface area contributed by atoms with Crippen LogP contribution in [-0.4, -0.2) is 54.8 Å². The molecule has 1 aliphatic carbocycles. The van der Waals surface area contributed by atoms with Gasteiger partial charge in [-0.3, -0.25) is 14.6 Å². The number of benzene rings is 1. The molecule has 1 N–H and O–H groups in total. The molecule has 1 aromatic heterocycles. The zero-order valence-corrected chi connectivity index (χ0v) is 24.8. The number of aliphatic imine (C=N–C) groups is 1. The van der Waals surface area contributed by atoms with Crippen LogP contribution in [0.1, 0.15) is 75.0 Å². The Labute approximate surface area is 243 Å². The van der Waals surface area contributed by atoms with Crippen LogP contribution in [-0.2, 0) is 27.7 Å². The van der Waals surface area contributed by atoms with E-state index in [1.165, 1.54) is 5.56 Å². The van der Waals surface area contributed by atoms with Crippen LogP contribution in [0, 0.1) is 18.8 Å². The Kier molecular flexibility index (Phi) is 9.93. The van der Waals surface area contributed by atoms with Gasteiger partial charge in [0.2, 0.25) is 0 Å². The highest BCUT2D eigenvalue weighted by atomic mass is 16.5. The molecule has 2 aromatic rings. The number of aryl methyl sites for hydroxylation is 3. The second-order valence-corrected chi connectivity index (χ2v) is 12.0. The molecule has 0 bridgehead atoms. The second kappa shape index (κ2) is 13.8. The number of nitrogens with one attached hydrogen (secondary N) is 1. The zero-order valence-electron chi connectivity index (χ0n) is 24.8. The third-order valence-corrected chi connectivity index (χ3v) is 8.82. The highest BCUT2D eigenvalue weighted by molar-refractivity contribution is 6.04. The first-order valence-electron chi connectivity index (χ1n) is 15.4. The Morgan fingerprint density at radius 1 is 1.15 bits per heavy atom. The third-order valence-electron chi connectivity index (χ3n) is 8.82. The monoisotopic (exact) mass is 563 g/mol. The van der Waals surface area contributed by atoms with Crippen LogP contribution in [0.3, 0.4) is 0 Å². The molecule has 1 aromatic carbocycles. The summed E-state index contributed by atoms with van der Waals surface area (Å²) in [5.41, 5.74) is 4.97. The van der Waals surface area contributed by atoms with E-state index in [-0.39, 0.29) is 23.7 Å². The van der Waals surface area contributed by atoms with Gasteiger partial charge in [-0.2, -0.15) is 0 Å². The maximum atomic E-state index is 12.5. The average molecular weight is 564 g/mol. The van der Waals surface area contributed by atoms with E-state index in [4.69, 9.17) is 19.2 Å². The van der Waals surface area contributed by atoms with Crippen molar-refractivity contribution in [3.63, 3.8) is 0 Å². The number of ether oxygens (including phenoxy) is 3. The molecular weight excluding hydrogens is 518 g/mol. The van der Waals surface area contributed by atoms with E-state index < -0.39 is 0 Å². The fraction of sp³-hybridized carbons (Fsp3) is 0.606. The van der Waals surface area contributed by atoms with E-state index in [0.29, 0.717) is 25.0 Å². The predicted octanol–water partition coefficient (Wildman–Crippen LogP) is 5.04.